The van der Waals surface area contributed by atoms with Gasteiger partial charge in [0.2, 0.25) is 5.39 Å². The Morgan fingerprint density at radius 2 is 1.68 bits per heavy atom. The van der Waals surface area contributed by atoms with E-state index < -0.39 is 7.25 Å². The van der Waals surface area contributed by atoms with Gasteiger partial charge in [0.1, 0.15) is 0 Å². The fourth-order valence-corrected chi connectivity index (χ4v) is 2.07. The van der Waals surface area contributed by atoms with Crippen molar-refractivity contribution in [3.05, 3.63) is 28.2 Å². The summed E-state index contributed by atoms with van der Waals surface area (Å²) >= 11 is 6.08. The molecule has 19 heavy (non-hydrogen) atoms. The summed E-state index contributed by atoms with van der Waals surface area (Å²) in [5, 5.41) is 9.23. The van der Waals surface area contributed by atoms with E-state index in [1.165, 1.54) is 12.8 Å². The number of halogens is 5. The van der Waals surface area contributed by atoms with Crippen LogP contribution in [-0.4, -0.2) is 20.3 Å². The Bertz CT molecular complexity index is 463. The van der Waals surface area contributed by atoms with Crippen LogP contribution in [0.3, 0.4) is 0 Å². The maximum absolute atomic E-state index is 9.75. The lowest BCUT2D eigenvalue weighted by Gasteiger charge is -2.17. The predicted molar refractivity (Wildman–Crippen MR) is 67.8 cm³/mol. The van der Waals surface area contributed by atoms with Gasteiger partial charge in [-0.25, -0.2) is 0 Å². The van der Waals surface area contributed by atoms with Crippen molar-refractivity contribution in [1.82, 2.24) is 0 Å². The van der Waals surface area contributed by atoms with E-state index >= 15 is 0 Å². The van der Waals surface area contributed by atoms with Gasteiger partial charge < -0.3 is 22.2 Å². The summed E-state index contributed by atoms with van der Waals surface area (Å²) in [6, 6.07) is 5.34. The van der Waals surface area contributed by atoms with Crippen LogP contribution in [0.2, 0.25) is 5.02 Å². The molecule has 0 saturated carbocycles. The zero-order chi connectivity index (χ0) is 14.5. The third-order valence-corrected chi connectivity index (χ3v) is 2.80. The zero-order valence-corrected chi connectivity index (χ0v) is 10.6. The maximum Gasteiger partial charge on any atom is 0.673 e. The van der Waals surface area contributed by atoms with Crippen LogP contribution in [0.5, 0.6) is 0 Å². The standard InChI is InChI=1S/C10H11ClN3.BF4/c11-9-7-8(13-12)3-4-10(9)14-5-1-2-6-14;2-1(3,4)5/h3-4,7H,1-2,5-6H2;/q+1;-1. The highest BCUT2D eigenvalue weighted by Gasteiger charge is 2.20. The first-order chi connectivity index (χ1) is 8.81. The fraction of sp³-hybridized carbons (Fsp3) is 0.400. The van der Waals surface area contributed by atoms with Crippen LogP contribution < -0.4 is 4.90 Å². The van der Waals surface area contributed by atoms with Gasteiger partial charge in [-0.3, -0.25) is 0 Å². The second-order valence-corrected chi connectivity index (χ2v) is 4.33. The molecule has 0 bridgehead atoms. The number of rotatable bonds is 1. The van der Waals surface area contributed by atoms with Crippen LogP contribution in [0.15, 0.2) is 18.2 Å². The van der Waals surface area contributed by atoms with Crippen LogP contribution in [0.25, 0.3) is 4.98 Å². The van der Waals surface area contributed by atoms with Crippen molar-refractivity contribution in [1.29, 1.82) is 5.39 Å². The van der Waals surface area contributed by atoms with E-state index in [0.29, 0.717) is 10.7 Å². The Labute approximate surface area is 112 Å². The summed E-state index contributed by atoms with van der Waals surface area (Å²) in [7, 11) is -6.00. The summed E-state index contributed by atoms with van der Waals surface area (Å²) in [6.07, 6.45) is 2.45. The monoisotopic (exact) mass is 295 g/mol. The Balaban J connectivity index is 0.000000312. The van der Waals surface area contributed by atoms with Crippen molar-refractivity contribution >= 4 is 30.2 Å². The first-order valence-electron chi connectivity index (χ1n) is 5.58. The van der Waals surface area contributed by atoms with E-state index in [0.717, 1.165) is 18.8 Å². The Morgan fingerprint density at radius 1 is 1.16 bits per heavy atom. The molecular weight excluding hydrogens is 284 g/mol. The highest BCUT2D eigenvalue weighted by Crippen LogP contribution is 2.31. The van der Waals surface area contributed by atoms with Crippen LogP contribution in [-0.2, 0) is 0 Å². The van der Waals surface area contributed by atoms with E-state index in [-0.39, 0.29) is 0 Å². The summed E-state index contributed by atoms with van der Waals surface area (Å²) in [5.41, 5.74) is 1.54. The Morgan fingerprint density at radius 3 is 2.11 bits per heavy atom. The molecule has 1 aliphatic rings. The molecule has 0 aromatic heterocycles. The topological polar surface area (TPSA) is 31.4 Å². The lowest BCUT2D eigenvalue weighted by molar-refractivity contribution is 0.368. The van der Waals surface area contributed by atoms with E-state index in [1.807, 2.05) is 6.07 Å². The van der Waals surface area contributed by atoms with Crippen LogP contribution in [0.1, 0.15) is 12.8 Å². The highest BCUT2D eigenvalue weighted by molar-refractivity contribution is 6.50. The molecule has 0 aliphatic carbocycles. The van der Waals surface area contributed by atoms with E-state index in [1.54, 1.807) is 12.1 Å². The first-order valence-corrected chi connectivity index (χ1v) is 5.96. The summed E-state index contributed by atoms with van der Waals surface area (Å²) in [5.74, 6) is 0. The normalized spacial score (nSPS) is 14.6. The van der Waals surface area contributed by atoms with Gasteiger partial charge in [0, 0.05) is 19.2 Å². The molecule has 1 heterocycles. The van der Waals surface area contributed by atoms with Gasteiger partial charge in [-0.2, -0.15) is 0 Å². The fourth-order valence-electron chi connectivity index (χ4n) is 1.77. The molecule has 1 saturated heterocycles. The van der Waals surface area contributed by atoms with E-state index in [2.05, 4.69) is 9.88 Å². The molecule has 104 valence electrons. The van der Waals surface area contributed by atoms with Crippen molar-refractivity contribution in [3.8, 4) is 0 Å². The number of hydrogen-bond acceptors (Lipinski definition) is 2. The zero-order valence-electron chi connectivity index (χ0n) is 9.87. The highest BCUT2D eigenvalue weighted by atomic mass is 35.5. The van der Waals surface area contributed by atoms with Gasteiger partial charge >= 0.3 is 12.9 Å². The largest absolute Gasteiger partial charge is 0.673 e. The number of benzene rings is 1. The Hall–Kier alpha value is -1.49. The maximum atomic E-state index is 9.75. The van der Waals surface area contributed by atoms with E-state index in [9.17, 15) is 17.3 Å². The minimum Gasteiger partial charge on any atom is -0.418 e. The molecule has 1 aliphatic heterocycles. The minimum atomic E-state index is -6.00. The van der Waals surface area contributed by atoms with Crippen molar-refractivity contribution in [2.45, 2.75) is 12.8 Å². The molecule has 1 fully saturated rings. The van der Waals surface area contributed by atoms with Crippen LogP contribution >= 0.6 is 11.6 Å². The Kier molecular flexibility index (Phi) is 5.42. The summed E-state index contributed by atoms with van der Waals surface area (Å²) in [4.78, 5) is 5.35. The van der Waals surface area contributed by atoms with Gasteiger partial charge in [0.05, 0.1) is 16.8 Å². The van der Waals surface area contributed by atoms with Crippen molar-refractivity contribution in [2.24, 2.45) is 0 Å². The molecule has 0 unspecified atom stereocenters. The van der Waals surface area contributed by atoms with Gasteiger partial charge in [0.15, 0.2) is 4.98 Å². The summed E-state index contributed by atoms with van der Waals surface area (Å²) < 4.78 is 39.0. The second-order valence-electron chi connectivity index (χ2n) is 3.92. The second kappa shape index (κ2) is 6.61. The SMILES string of the molecule is F[B-](F)(F)F.N#[N+]c1ccc(N2CCCC2)c(Cl)c1. The molecule has 0 spiro atoms. The van der Waals surface area contributed by atoms with Crippen LogP contribution in [0, 0.1) is 5.39 Å². The molecule has 0 radical (unpaired) electrons. The van der Waals surface area contributed by atoms with Crippen molar-refractivity contribution in [3.63, 3.8) is 0 Å². The van der Waals surface area contributed by atoms with Gasteiger partial charge in [-0.1, -0.05) is 11.6 Å². The van der Waals surface area contributed by atoms with Gasteiger partial charge in [-0.05, 0) is 18.9 Å². The van der Waals surface area contributed by atoms with E-state index in [4.69, 9.17) is 17.0 Å². The average molecular weight is 295 g/mol. The third-order valence-electron chi connectivity index (χ3n) is 2.49. The minimum absolute atomic E-state index is 0.498. The molecule has 0 N–H and O–H groups in total. The first kappa shape index (κ1) is 15.6. The molecule has 0 amide bonds. The average Bonchev–Trinajstić information content (AvgIpc) is 2.80. The summed E-state index contributed by atoms with van der Waals surface area (Å²) in [6.45, 7) is 2.13. The van der Waals surface area contributed by atoms with Gasteiger partial charge in [-0.15, -0.1) is 0 Å². The van der Waals surface area contributed by atoms with Crippen molar-refractivity contribution < 1.29 is 17.3 Å². The molecule has 2 rings (SSSR count). The number of diazo groups is 1. The van der Waals surface area contributed by atoms with Crippen LogP contribution in [0.4, 0.5) is 28.6 Å². The third kappa shape index (κ3) is 5.79. The molecule has 1 aromatic carbocycles. The predicted octanol–water partition coefficient (Wildman–Crippen LogP) is 4.72. The lowest BCUT2D eigenvalue weighted by atomic mass is 10.2. The smallest absolute Gasteiger partial charge is 0.418 e. The molecular formula is C10H11BClF4N3. The lowest BCUT2D eigenvalue weighted by Crippen LogP contribution is -2.17. The number of anilines is 1. The molecule has 3 nitrogen and oxygen atoms in total. The van der Waals surface area contributed by atoms with Crippen molar-refractivity contribution in [2.75, 3.05) is 18.0 Å². The quantitative estimate of drug-likeness (QED) is 0.426. The molecule has 0 atom stereocenters. The number of hydrogen-bond donors (Lipinski definition) is 0. The van der Waals surface area contributed by atoms with Gasteiger partial charge in [0.25, 0.3) is 0 Å². The molecule has 9 heteroatoms. The molecule has 1 aromatic rings. The number of nitrogens with zero attached hydrogens (tertiary/aromatic N) is 3.